The maximum atomic E-state index is 12.0. The van der Waals surface area contributed by atoms with Crippen molar-refractivity contribution in [2.24, 2.45) is 0 Å². The fraction of sp³-hybridized carbons (Fsp3) is 0.188. The van der Waals surface area contributed by atoms with Crippen molar-refractivity contribution in [3.8, 4) is 0 Å². The van der Waals surface area contributed by atoms with Gasteiger partial charge in [0.25, 0.3) is 5.91 Å². The second kappa shape index (κ2) is 6.86. The molecule has 0 saturated carbocycles. The molecule has 3 heterocycles. The van der Waals surface area contributed by atoms with Gasteiger partial charge in [-0.25, -0.2) is 15.0 Å². The van der Waals surface area contributed by atoms with Crippen molar-refractivity contribution in [3.63, 3.8) is 0 Å². The fourth-order valence-corrected chi connectivity index (χ4v) is 2.07. The number of imidazole rings is 1. The number of hydrogen-bond donors (Lipinski definition) is 2. The molecule has 0 atom stereocenters. The summed E-state index contributed by atoms with van der Waals surface area (Å²) in [4.78, 5) is 36.1. The SMILES string of the molecule is Cc1ccc(NC(=O)CCNC(=O)c2cc3nccn3cn2)nc1. The summed E-state index contributed by atoms with van der Waals surface area (Å²) < 4.78 is 1.71. The molecule has 0 spiro atoms. The van der Waals surface area contributed by atoms with Gasteiger partial charge in [-0.1, -0.05) is 6.07 Å². The van der Waals surface area contributed by atoms with Crippen molar-refractivity contribution in [2.75, 3.05) is 11.9 Å². The Morgan fingerprint density at radius 1 is 1.21 bits per heavy atom. The smallest absolute Gasteiger partial charge is 0.270 e. The predicted molar refractivity (Wildman–Crippen MR) is 87.5 cm³/mol. The van der Waals surface area contributed by atoms with E-state index in [0.717, 1.165) is 5.56 Å². The zero-order valence-electron chi connectivity index (χ0n) is 13.1. The Morgan fingerprint density at radius 3 is 2.88 bits per heavy atom. The third kappa shape index (κ3) is 3.72. The zero-order chi connectivity index (χ0) is 16.9. The van der Waals surface area contributed by atoms with Gasteiger partial charge in [-0.3, -0.25) is 14.0 Å². The zero-order valence-corrected chi connectivity index (χ0v) is 13.1. The molecule has 3 rings (SSSR count). The molecular weight excluding hydrogens is 308 g/mol. The van der Waals surface area contributed by atoms with Gasteiger partial charge in [-0.2, -0.15) is 0 Å². The van der Waals surface area contributed by atoms with Crippen molar-refractivity contribution >= 4 is 23.3 Å². The average Bonchev–Trinajstić information content (AvgIpc) is 3.04. The Bertz CT molecular complexity index is 872. The highest BCUT2D eigenvalue weighted by molar-refractivity contribution is 5.94. The van der Waals surface area contributed by atoms with Crippen LogP contribution in [-0.4, -0.2) is 37.7 Å². The summed E-state index contributed by atoms with van der Waals surface area (Å²) in [6, 6.07) is 5.18. The van der Waals surface area contributed by atoms with Crippen LogP contribution in [0, 0.1) is 6.92 Å². The molecule has 24 heavy (non-hydrogen) atoms. The van der Waals surface area contributed by atoms with Crippen LogP contribution in [0.2, 0.25) is 0 Å². The minimum absolute atomic E-state index is 0.146. The molecular formula is C16H16N6O2. The van der Waals surface area contributed by atoms with Crippen molar-refractivity contribution < 1.29 is 9.59 Å². The number of nitrogens with zero attached hydrogens (tertiary/aromatic N) is 4. The highest BCUT2D eigenvalue weighted by Gasteiger charge is 2.09. The number of aryl methyl sites for hydroxylation is 1. The molecule has 8 nitrogen and oxygen atoms in total. The topological polar surface area (TPSA) is 101 Å². The molecule has 3 aromatic rings. The summed E-state index contributed by atoms with van der Waals surface area (Å²) in [5.41, 5.74) is 1.91. The van der Waals surface area contributed by atoms with Crippen LogP contribution in [-0.2, 0) is 4.79 Å². The minimum Gasteiger partial charge on any atom is -0.350 e. The average molecular weight is 324 g/mol. The van der Waals surface area contributed by atoms with Gasteiger partial charge in [-0.05, 0) is 18.6 Å². The number of carbonyl (C=O) groups is 2. The molecule has 0 bridgehead atoms. The maximum absolute atomic E-state index is 12.0. The first kappa shape index (κ1) is 15.6. The van der Waals surface area contributed by atoms with Crippen molar-refractivity contribution in [3.05, 3.63) is 54.4 Å². The standard InChI is InChI=1S/C16H16N6O2/c1-11-2-3-13(19-9-11)21-15(23)4-5-18-16(24)12-8-14-17-6-7-22(14)10-20-12/h2-3,6-10H,4-5H2,1H3,(H,18,24)(H,19,21,23). The molecule has 122 valence electrons. The second-order valence-electron chi connectivity index (χ2n) is 5.24. The van der Waals surface area contributed by atoms with Crippen molar-refractivity contribution in [2.45, 2.75) is 13.3 Å². The molecule has 0 radical (unpaired) electrons. The van der Waals surface area contributed by atoms with Crippen LogP contribution in [0.3, 0.4) is 0 Å². The molecule has 2 N–H and O–H groups in total. The highest BCUT2D eigenvalue weighted by atomic mass is 16.2. The Labute approximate surface area is 138 Å². The third-order valence-electron chi connectivity index (χ3n) is 3.33. The maximum Gasteiger partial charge on any atom is 0.270 e. The number of rotatable bonds is 5. The van der Waals surface area contributed by atoms with E-state index in [1.165, 1.54) is 6.33 Å². The van der Waals surface area contributed by atoms with E-state index < -0.39 is 0 Å². The van der Waals surface area contributed by atoms with Gasteiger partial charge in [0.1, 0.15) is 23.5 Å². The van der Waals surface area contributed by atoms with Gasteiger partial charge in [0, 0.05) is 37.6 Å². The highest BCUT2D eigenvalue weighted by Crippen LogP contribution is 2.04. The van der Waals surface area contributed by atoms with Gasteiger partial charge in [0.15, 0.2) is 0 Å². The quantitative estimate of drug-likeness (QED) is 0.734. The van der Waals surface area contributed by atoms with E-state index in [2.05, 4.69) is 25.6 Å². The van der Waals surface area contributed by atoms with E-state index >= 15 is 0 Å². The first-order chi connectivity index (χ1) is 11.6. The predicted octanol–water partition coefficient (Wildman–Crippen LogP) is 1.19. The normalized spacial score (nSPS) is 10.5. The Balaban J connectivity index is 1.49. The van der Waals surface area contributed by atoms with Gasteiger partial charge >= 0.3 is 0 Å². The fourth-order valence-electron chi connectivity index (χ4n) is 2.07. The van der Waals surface area contributed by atoms with E-state index in [1.54, 1.807) is 35.1 Å². The lowest BCUT2D eigenvalue weighted by Crippen LogP contribution is -2.28. The monoisotopic (exact) mass is 324 g/mol. The molecule has 8 heteroatoms. The van der Waals surface area contributed by atoms with Crippen LogP contribution in [0.25, 0.3) is 5.65 Å². The Morgan fingerprint density at radius 2 is 2.08 bits per heavy atom. The van der Waals surface area contributed by atoms with Gasteiger partial charge < -0.3 is 10.6 Å². The molecule has 0 unspecified atom stereocenters. The number of amides is 2. The Kier molecular flexibility index (Phi) is 4.46. The molecule has 0 aliphatic rings. The van der Waals surface area contributed by atoms with Crippen molar-refractivity contribution in [1.82, 2.24) is 24.7 Å². The number of carbonyl (C=O) groups excluding carboxylic acids is 2. The first-order valence-electron chi connectivity index (χ1n) is 7.41. The molecule has 0 aliphatic heterocycles. The lowest BCUT2D eigenvalue weighted by atomic mass is 10.3. The number of hydrogen-bond acceptors (Lipinski definition) is 5. The van der Waals surface area contributed by atoms with Crippen LogP contribution in [0.5, 0.6) is 0 Å². The minimum atomic E-state index is -0.346. The number of nitrogens with one attached hydrogen (secondary N) is 2. The number of fused-ring (bicyclic) bond motifs is 1. The number of anilines is 1. The summed E-state index contributed by atoms with van der Waals surface area (Å²) in [6.07, 6.45) is 6.71. The van der Waals surface area contributed by atoms with Crippen molar-refractivity contribution in [1.29, 1.82) is 0 Å². The van der Waals surface area contributed by atoms with E-state index in [1.807, 2.05) is 13.0 Å². The summed E-state index contributed by atoms with van der Waals surface area (Å²) >= 11 is 0. The van der Waals surface area contributed by atoms with E-state index in [-0.39, 0.29) is 30.5 Å². The van der Waals surface area contributed by atoms with Crippen LogP contribution in [0.4, 0.5) is 5.82 Å². The lowest BCUT2D eigenvalue weighted by Gasteiger charge is -2.06. The molecule has 0 aromatic carbocycles. The molecule has 0 fully saturated rings. The lowest BCUT2D eigenvalue weighted by molar-refractivity contribution is -0.116. The van der Waals surface area contributed by atoms with Gasteiger partial charge in [0.2, 0.25) is 5.91 Å². The van der Waals surface area contributed by atoms with Crippen LogP contribution < -0.4 is 10.6 Å². The van der Waals surface area contributed by atoms with Gasteiger partial charge in [-0.15, -0.1) is 0 Å². The molecule has 2 amide bonds. The molecule has 3 aromatic heterocycles. The second-order valence-corrected chi connectivity index (χ2v) is 5.24. The summed E-state index contributed by atoms with van der Waals surface area (Å²) in [6.45, 7) is 2.13. The number of pyridine rings is 1. The van der Waals surface area contributed by atoms with Crippen LogP contribution in [0.1, 0.15) is 22.5 Å². The molecule has 0 aliphatic carbocycles. The van der Waals surface area contributed by atoms with Gasteiger partial charge in [0.05, 0.1) is 0 Å². The summed E-state index contributed by atoms with van der Waals surface area (Å²) in [5.74, 6) is -0.0755. The third-order valence-corrected chi connectivity index (χ3v) is 3.33. The van der Waals surface area contributed by atoms with E-state index in [9.17, 15) is 9.59 Å². The number of aromatic nitrogens is 4. The van der Waals surface area contributed by atoms with Crippen LogP contribution >= 0.6 is 0 Å². The largest absolute Gasteiger partial charge is 0.350 e. The summed E-state index contributed by atoms with van der Waals surface area (Å²) in [5, 5.41) is 5.33. The summed E-state index contributed by atoms with van der Waals surface area (Å²) in [7, 11) is 0. The first-order valence-corrected chi connectivity index (χ1v) is 7.41. The van der Waals surface area contributed by atoms with E-state index in [0.29, 0.717) is 11.5 Å². The molecule has 0 saturated heterocycles. The Hall–Kier alpha value is -3.29. The van der Waals surface area contributed by atoms with Crippen LogP contribution in [0.15, 0.2) is 43.1 Å². The van der Waals surface area contributed by atoms with E-state index in [4.69, 9.17) is 0 Å².